The van der Waals surface area contributed by atoms with Crippen LogP contribution in [0.15, 0.2) is 18.2 Å². The lowest BCUT2D eigenvalue weighted by Crippen LogP contribution is -2.45. The summed E-state index contributed by atoms with van der Waals surface area (Å²) in [6.45, 7) is 6.25. The smallest absolute Gasteiger partial charge is 0.123 e. The lowest BCUT2D eigenvalue weighted by molar-refractivity contribution is -0.0292. The lowest BCUT2D eigenvalue weighted by Gasteiger charge is -2.33. The van der Waals surface area contributed by atoms with Gasteiger partial charge in [-0.25, -0.2) is 4.39 Å². The first-order valence-corrected chi connectivity index (χ1v) is 6.42. The number of ether oxygens (including phenoxy) is 1. The Morgan fingerprint density at radius 3 is 3.11 bits per heavy atom. The van der Waals surface area contributed by atoms with E-state index in [1.165, 1.54) is 6.07 Å². The third-order valence-corrected chi connectivity index (χ3v) is 3.36. The second-order valence-electron chi connectivity index (χ2n) is 4.86. The largest absolute Gasteiger partial charge is 0.374 e. The SMILES string of the molecule is CNCC1CN(Cc2cc(F)ccc2C)CCO1. The van der Waals surface area contributed by atoms with E-state index in [9.17, 15) is 4.39 Å². The average molecular weight is 252 g/mol. The molecule has 1 aliphatic rings. The highest BCUT2D eigenvalue weighted by Gasteiger charge is 2.20. The van der Waals surface area contributed by atoms with Crippen LogP contribution in [0.1, 0.15) is 11.1 Å². The molecule has 2 rings (SSSR count). The molecule has 0 bridgehead atoms. The zero-order chi connectivity index (χ0) is 13.0. The monoisotopic (exact) mass is 252 g/mol. The summed E-state index contributed by atoms with van der Waals surface area (Å²) >= 11 is 0. The van der Waals surface area contributed by atoms with Crippen LogP contribution in [-0.4, -0.2) is 44.3 Å². The van der Waals surface area contributed by atoms with Gasteiger partial charge in [0.25, 0.3) is 0 Å². The van der Waals surface area contributed by atoms with Gasteiger partial charge in [-0.1, -0.05) is 6.07 Å². The van der Waals surface area contributed by atoms with Crippen molar-refractivity contribution in [1.29, 1.82) is 0 Å². The summed E-state index contributed by atoms with van der Waals surface area (Å²) in [4.78, 5) is 2.33. The number of likely N-dealkylation sites (N-methyl/N-ethyl adjacent to an activating group) is 1. The minimum absolute atomic E-state index is 0.157. The molecule has 0 saturated carbocycles. The quantitative estimate of drug-likeness (QED) is 0.880. The number of benzene rings is 1. The van der Waals surface area contributed by atoms with Crippen molar-refractivity contribution >= 4 is 0 Å². The van der Waals surface area contributed by atoms with Crippen LogP contribution in [0.4, 0.5) is 4.39 Å². The molecule has 100 valence electrons. The van der Waals surface area contributed by atoms with Gasteiger partial charge in [0.15, 0.2) is 0 Å². The first kappa shape index (κ1) is 13.5. The summed E-state index contributed by atoms with van der Waals surface area (Å²) in [5.41, 5.74) is 2.22. The first-order valence-electron chi connectivity index (χ1n) is 6.42. The van der Waals surface area contributed by atoms with Crippen molar-refractivity contribution in [3.8, 4) is 0 Å². The molecule has 0 amide bonds. The minimum Gasteiger partial charge on any atom is -0.374 e. The number of hydrogen-bond donors (Lipinski definition) is 1. The van der Waals surface area contributed by atoms with E-state index in [0.29, 0.717) is 0 Å². The van der Waals surface area contributed by atoms with E-state index in [1.807, 2.05) is 20.0 Å². The van der Waals surface area contributed by atoms with Crippen molar-refractivity contribution < 1.29 is 9.13 Å². The van der Waals surface area contributed by atoms with Gasteiger partial charge in [-0.2, -0.15) is 0 Å². The first-order chi connectivity index (χ1) is 8.69. The molecule has 1 heterocycles. The highest BCUT2D eigenvalue weighted by atomic mass is 19.1. The van der Waals surface area contributed by atoms with Gasteiger partial charge >= 0.3 is 0 Å². The molecular formula is C14H21FN2O. The summed E-state index contributed by atoms with van der Waals surface area (Å²) < 4.78 is 18.9. The van der Waals surface area contributed by atoms with Crippen molar-refractivity contribution in [3.63, 3.8) is 0 Å². The third kappa shape index (κ3) is 3.51. The van der Waals surface area contributed by atoms with Crippen molar-refractivity contribution in [2.45, 2.75) is 19.6 Å². The Bertz CT molecular complexity index is 395. The highest BCUT2D eigenvalue weighted by molar-refractivity contribution is 5.26. The van der Waals surface area contributed by atoms with E-state index in [0.717, 1.165) is 43.9 Å². The zero-order valence-corrected chi connectivity index (χ0v) is 11.1. The summed E-state index contributed by atoms with van der Waals surface area (Å²) in [5, 5.41) is 3.13. The number of hydrogen-bond acceptors (Lipinski definition) is 3. The second-order valence-corrected chi connectivity index (χ2v) is 4.86. The van der Waals surface area contributed by atoms with Crippen LogP contribution in [0.3, 0.4) is 0 Å². The number of morpholine rings is 1. The summed E-state index contributed by atoms with van der Waals surface area (Å²) in [6, 6.07) is 5.00. The maximum atomic E-state index is 13.2. The van der Waals surface area contributed by atoms with Crippen LogP contribution in [0.25, 0.3) is 0 Å². The average Bonchev–Trinajstić information content (AvgIpc) is 2.35. The van der Waals surface area contributed by atoms with Crippen LogP contribution in [0.2, 0.25) is 0 Å². The van der Waals surface area contributed by atoms with Crippen LogP contribution in [0.5, 0.6) is 0 Å². The van der Waals surface area contributed by atoms with Gasteiger partial charge in [0.05, 0.1) is 12.7 Å². The predicted molar refractivity (Wildman–Crippen MR) is 70.1 cm³/mol. The van der Waals surface area contributed by atoms with Gasteiger partial charge in [-0.15, -0.1) is 0 Å². The fourth-order valence-electron chi connectivity index (χ4n) is 2.33. The van der Waals surface area contributed by atoms with E-state index in [2.05, 4.69) is 10.2 Å². The number of rotatable bonds is 4. The predicted octanol–water partition coefficient (Wildman–Crippen LogP) is 1.55. The standard InChI is InChI=1S/C14H21FN2O/c1-11-3-4-13(15)7-12(11)9-17-5-6-18-14(10-17)8-16-2/h3-4,7,14,16H,5-6,8-10H2,1-2H3. The molecule has 1 atom stereocenters. The summed E-state index contributed by atoms with van der Waals surface area (Å²) in [6.07, 6.45) is 0.234. The fraction of sp³-hybridized carbons (Fsp3) is 0.571. The normalized spacial score (nSPS) is 21.2. The lowest BCUT2D eigenvalue weighted by atomic mass is 10.1. The van der Waals surface area contributed by atoms with Crippen molar-refractivity contribution in [1.82, 2.24) is 10.2 Å². The molecule has 0 radical (unpaired) electrons. The van der Waals surface area contributed by atoms with Crippen LogP contribution < -0.4 is 5.32 Å². The Morgan fingerprint density at radius 1 is 1.50 bits per heavy atom. The molecule has 1 N–H and O–H groups in total. The van der Waals surface area contributed by atoms with Gasteiger partial charge in [-0.05, 0) is 37.2 Å². The van der Waals surface area contributed by atoms with Gasteiger partial charge in [-0.3, -0.25) is 4.90 Å². The Balaban J connectivity index is 1.98. The number of nitrogens with zero attached hydrogens (tertiary/aromatic N) is 1. The van der Waals surface area contributed by atoms with Gasteiger partial charge in [0.2, 0.25) is 0 Å². The van der Waals surface area contributed by atoms with E-state index < -0.39 is 0 Å². The van der Waals surface area contributed by atoms with Crippen molar-refractivity contribution in [2.75, 3.05) is 33.3 Å². The molecule has 4 heteroatoms. The molecule has 18 heavy (non-hydrogen) atoms. The number of nitrogens with one attached hydrogen (secondary N) is 1. The molecule has 1 aromatic rings. The van der Waals surface area contributed by atoms with Crippen LogP contribution >= 0.6 is 0 Å². The van der Waals surface area contributed by atoms with Crippen LogP contribution in [0, 0.1) is 12.7 Å². The Hall–Kier alpha value is -0.970. The number of aryl methyl sites for hydroxylation is 1. The van der Waals surface area contributed by atoms with E-state index >= 15 is 0 Å². The molecule has 1 unspecified atom stereocenters. The molecule has 1 fully saturated rings. The highest BCUT2D eigenvalue weighted by Crippen LogP contribution is 2.15. The van der Waals surface area contributed by atoms with Crippen molar-refractivity contribution in [3.05, 3.63) is 35.1 Å². The molecule has 1 aromatic carbocycles. The molecule has 0 spiro atoms. The maximum absolute atomic E-state index is 13.2. The minimum atomic E-state index is -0.157. The molecule has 1 saturated heterocycles. The van der Waals surface area contributed by atoms with E-state index in [4.69, 9.17) is 4.74 Å². The van der Waals surface area contributed by atoms with E-state index in [1.54, 1.807) is 6.07 Å². The summed E-state index contributed by atoms with van der Waals surface area (Å²) in [5.74, 6) is -0.157. The molecular weight excluding hydrogens is 231 g/mol. The van der Waals surface area contributed by atoms with Gasteiger partial charge in [0, 0.05) is 26.2 Å². The van der Waals surface area contributed by atoms with E-state index in [-0.39, 0.29) is 11.9 Å². The van der Waals surface area contributed by atoms with Crippen LogP contribution in [-0.2, 0) is 11.3 Å². The Kier molecular flexibility index (Phi) is 4.69. The molecule has 0 aliphatic carbocycles. The third-order valence-electron chi connectivity index (χ3n) is 3.36. The second kappa shape index (κ2) is 6.27. The van der Waals surface area contributed by atoms with Crippen molar-refractivity contribution in [2.24, 2.45) is 0 Å². The molecule has 0 aromatic heterocycles. The van der Waals surface area contributed by atoms with Gasteiger partial charge < -0.3 is 10.1 Å². The summed E-state index contributed by atoms with van der Waals surface area (Å²) in [7, 11) is 1.93. The maximum Gasteiger partial charge on any atom is 0.123 e. The number of halogens is 1. The zero-order valence-electron chi connectivity index (χ0n) is 11.1. The topological polar surface area (TPSA) is 24.5 Å². The molecule has 3 nitrogen and oxygen atoms in total. The molecule has 1 aliphatic heterocycles. The fourth-order valence-corrected chi connectivity index (χ4v) is 2.33. The Morgan fingerprint density at radius 2 is 2.33 bits per heavy atom. The van der Waals surface area contributed by atoms with Gasteiger partial charge in [0.1, 0.15) is 5.82 Å². The Labute approximate surface area is 108 Å².